The lowest BCUT2D eigenvalue weighted by Crippen LogP contribution is -2.12. The highest BCUT2D eigenvalue weighted by Gasteiger charge is 2.08. The van der Waals surface area contributed by atoms with Crippen LogP contribution in [0.5, 0.6) is 0 Å². The summed E-state index contributed by atoms with van der Waals surface area (Å²) in [7, 11) is 0. The van der Waals surface area contributed by atoms with Gasteiger partial charge in [-0.2, -0.15) is 5.26 Å². The van der Waals surface area contributed by atoms with Crippen molar-refractivity contribution in [3.8, 4) is 6.07 Å². The quantitative estimate of drug-likeness (QED) is 0.722. The largest absolute Gasteiger partial charge is 0.354 e. The SMILES string of the molecule is N#Cc1ccc(Nc2cncc(C(=O)Nc3cccc(Cl)c3)c2)cc1. The molecule has 3 rings (SSSR count). The number of halogens is 1. The monoisotopic (exact) mass is 348 g/mol. The van der Waals surface area contributed by atoms with Gasteiger partial charge in [-0.3, -0.25) is 9.78 Å². The first-order valence-corrected chi connectivity index (χ1v) is 7.81. The van der Waals surface area contributed by atoms with Gasteiger partial charge in [-0.25, -0.2) is 0 Å². The fraction of sp³-hybridized carbons (Fsp3) is 0. The number of carbonyl (C=O) groups excluding carboxylic acids is 1. The van der Waals surface area contributed by atoms with Gasteiger partial charge in [-0.1, -0.05) is 17.7 Å². The standard InChI is InChI=1S/C19H13ClN4O/c20-15-2-1-3-17(9-15)24-19(25)14-8-18(12-22-11-14)23-16-6-4-13(10-21)5-7-16/h1-9,11-12,23H,(H,24,25). The van der Waals surface area contributed by atoms with Gasteiger partial charge in [0.15, 0.2) is 0 Å². The Kier molecular flexibility index (Phi) is 4.93. The van der Waals surface area contributed by atoms with E-state index in [9.17, 15) is 4.79 Å². The highest BCUT2D eigenvalue weighted by molar-refractivity contribution is 6.31. The molecule has 0 aliphatic carbocycles. The highest BCUT2D eigenvalue weighted by atomic mass is 35.5. The summed E-state index contributed by atoms with van der Waals surface area (Å²) in [5.41, 5.74) is 3.08. The van der Waals surface area contributed by atoms with Crippen molar-refractivity contribution in [3.63, 3.8) is 0 Å². The summed E-state index contributed by atoms with van der Waals surface area (Å²) in [5, 5.41) is 15.3. The van der Waals surface area contributed by atoms with E-state index >= 15 is 0 Å². The number of nitrogens with one attached hydrogen (secondary N) is 2. The summed E-state index contributed by atoms with van der Waals surface area (Å²) in [5.74, 6) is -0.279. The van der Waals surface area contributed by atoms with Crippen LogP contribution in [-0.4, -0.2) is 10.9 Å². The molecule has 1 amide bonds. The summed E-state index contributed by atoms with van der Waals surface area (Å²) in [6.45, 7) is 0. The van der Waals surface area contributed by atoms with Crippen molar-refractivity contribution in [3.05, 3.63) is 83.1 Å². The zero-order valence-electron chi connectivity index (χ0n) is 13.0. The van der Waals surface area contributed by atoms with Crippen LogP contribution >= 0.6 is 11.6 Å². The van der Waals surface area contributed by atoms with Crippen molar-refractivity contribution < 1.29 is 4.79 Å². The molecular formula is C19H13ClN4O. The van der Waals surface area contributed by atoms with Crippen LogP contribution in [0.4, 0.5) is 17.1 Å². The molecule has 0 fully saturated rings. The topological polar surface area (TPSA) is 77.8 Å². The molecule has 0 saturated carbocycles. The smallest absolute Gasteiger partial charge is 0.257 e. The molecule has 2 aromatic carbocycles. The molecular weight excluding hydrogens is 336 g/mol. The van der Waals surface area contributed by atoms with Gasteiger partial charge in [-0.05, 0) is 48.5 Å². The molecule has 1 aromatic heterocycles. The molecule has 6 heteroatoms. The molecule has 0 unspecified atom stereocenters. The Morgan fingerprint density at radius 2 is 1.80 bits per heavy atom. The number of aromatic nitrogens is 1. The maximum Gasteiger partial charge on any atom is 0.257 e. The Balaban J connectivity index is 1.74. The average molecular weight is 349 g/mol. The number of rotatable bonds is 4. The van der Waals surface area contributed by atoms with Gasteiger partial charge in [0.2, 0.25) is 0 Å². The Morgan fingerprint density at radius 3 is 2.52 bits per heavy atom. The van der Waals surface area contributed by atoms with Gasteiger partial charge in [-0.15, -0.1) is 0 Å². The molecule has 1 heterocycles. The molecule has 0 spiro atoms. The number of benzene rings is 2. The predicted molar refractivity (Wildman–Crippen MR) is 98.1 cm³/mol. The minimum atomic E-state index is -0.279. The van der Waals surface area contributed by atoms with E-state index in [0.717, 1.165) is 5.69 Å². The number of nitriles is 1. The van der Waals surface area contributed by atoms with E-state index in [4.69, 9.17) is 16.9 Å². The van der Waals surface area contributed by atoms with E-state index in [1.165, 1.54) is 6.20 Å². The third-order valence-electron chi connectivity index (χ3n) is 3.39. The van der Waals surface area contributed by atoms with E-state index in [2.05, 4.69) is 21.7 Å². The van der Waals surface area contributed by atoms with Crippen molar-refractivity contribution in [1.82, 2.24) is 4.98 Å². The molecule has 0 aliphatic rings. The fourth-order valence-corrected chi connectivity index (χ4v) is 2.39. The molecule has 25 heavy (non-hydrogen) atoms. The van der Waals surface area contributed by atoms with Crippen LogP contribution in [0.2, 0.25) is 5.02 Å². The van der Waals surface area contributed by atoms with Gasteiger partial charge >= 0.3 is 0 Å². The molecule has 122 valence electrons. The van der Waals surface area contributed by atoms with Gasteiger partial charge in [0, 0.05) is 22.6 Å². The van der Waals surface area contributed by atoms with Gasteiger partial charge < -0.3 is 10.6 Å². The average Bonchev–Trinajstić information content (AvgIpc) is 2.62. The van der Waals surface area contributed by atoms with Crippen molar-refractivity contribution in [2.75, 3.05) is 10.6 Å². The van der Waals surface area contributed by atoms with Gasteiger partial charge in [0.1, 0.15) is 0 Å². The summed E-state index contributed by atoms with van der Waals surface area (Å²) < 4.78 is 0. The maximum atomic E-state index is 12.4. The maximum absolute atomic E-state index is 12.4. The van der Waals surface area contributed by atoms with Crippen molar-refractivity contribution >= 4 is 34.6 Å². The number of hydrogen-bond donors (Lipinski definition) is 2. The van der Waals surface area contributed by atoms with E-state index in [-0.39, 0.29) is 5.91 Å². The normalized spacial score (nSPS) is 9.92. The van der Waals surface area contributed by atoms with E-state index in [1.807, 2.05) is 0 Å². The second kappa shape index (κ2) is 7.47. The Morgan fingerprint density at radius 1 is 1.00 bits per heavy atom. The fourth-order valence-electron chi connectivity index (χ4n) is 2.20. The molecule has 3 aromatic rings. The first-order chi connectivity index (χ1) is 12.1. The minimum absolute atomic E-state index is 0.279. The van der Waals surface area contributed by atoms with E-state index in [1.54, 1.807) is 60.8 Å². The molecule has 0 aliphatic heterocycles. The van der Waals surface area contributed by atoms with Crippen molar-refractivity contribution in [2.24, 2.45) is 0 Å². The second-order valence-corrected chi connectivity index (χ2v) is 5.68. The van der Waals surface area contributed by atoms with Gasteiger partial charge in [0.25, 0.3) is 5.91 Å². The number of anilines is 3. The lowest BCUT2D eigenvalue weighted by atomic mass is 10.2. The third kappa shape index (κ3) is 4.34. The number of pyridine rings is 1. The van der Waals surface area contributed by atoms with Crippen LogP contribution in [0.1, 0.15) is 15.9 Å². The molecule has 2 N–H and O–H groups in total. The predicted octanol–water partition coefficient (Wildman–Crippen LogP) is 4.60. The van der Waals surface area contributed by atoms with Crippen LogP contribution in [-0.2, 0) is 0 Å². The molecule has 0 bridgehead atoms. The lowest BCUT2D eigenvalue weighted by Gasteiger charge is -2.09. The molecule has 0 radical (unpaired) electrons. The number of carbonyl (C=O) groups is 1. The minimum Gasteiger partial charge on any atom is -0.354 e. The zero-order chi connectivity index (χ0) is 17.6. The van der Waals surface area contributed by atoms with Crippen LogP contribution < -0.4 is 10.6 Å². The van der Waals surface area contributed by atoms with Crippen LogP contribution in [0.3, 0.4) is 0 Å². The molecule has 5 nitrogen and oxygen atoms in total. The summed E-state index contributed by atoms with van der Waals surface area (Å²) in [4.78, 5) is 16.4. The van der Waals surface area contributed by atoms with E-state index in [0.29, 0.717) is 27.5 Å². The number of nitrogens with zero attached hydrogens (tertiary/aromatic N) is 2. The van der Waals surface area contributed by atoms with Crippen LogP contribution in [0.25, 0.3) is 0 Å². The van der Waals surface area contributed by atoms with Crippen molar-refractivity contribution in [1.29, 1.82) is 5.26 Å². The second-order valence-electron chi connectivity index (χ2n) is 5.24. The Labute approximate surface area is 149 Å². The summed E-state index contributed by atoms with van der Waals surface area (Å²) >= 11 is 5.92. The molecule has 0 atom stereocenters. The zero-order valence-corrected chi connectivity index (χ0v) is 13.8. The van der Waals surface area contributed by atoms with Gasteiger partial charge in [0.05, 0.1) is 29.1 Å². The molecule has 0 saturated heterocycles. The highest BCUT2D eigenvalue weighted by Crippen LogP contribution is 2.19. The summed E-state index contributed by atoms with van der Waals surface area (Å²) in [6, 6.07) is 17.7. The lowest BCUT2D eigenvalue weighted by molar-refractivity contribution is 0.102. The summed E-state index contributed by atoms with van der Waals surface area (Å²) in [6.07, 6.45) is 3.11. The Hall–Kier alpha value is -3.36. The Bertz CT molecular complexity index is 948. The third-order valence-corrected chi connectivity index (χ3v) is 3.62. The van der Waals surface area contributed by atoms with Crippen LogP contribution in [0.15, 0.2) is 67.0 Å². The van der Waals surface area contributed by atoms with Crippen molar-refractivity contribution in [2.45, 2.75) is 0 Å². The number of hydrogen-bond acceptors (Lipinski definition) is 4. The first-order valence-electron chi connectivity index (χ1n) is 7.43. The first kappa shape index (κ1) is 16.5. The van der Waals surface area contributed by atoms with E-state index < -0.39 is 0 Å². The number of amides is 1. The van der Waals surface area contributed by atoms with Crippen LogP contribution in [0, 0.1) is 11.3 Å².